The van der Waals surface area contributed by atoms with Gasteiger partial charge < -0.3 is 15.3 Å². The van der Waals surface area contributed by atoms with Crippen molar-refractivity contribution in [1.29, 1.82) is 0 Å². The van der Waals surface area contributed by atoms with E-state index >= 15 is 0 Å². The van der Waals surface area contributed by atoms with E-state index in [9.17, 15) is 4.79 Å². The highest BCUT2D eigenvalue weighted by Gasteiger charge is 2.08. The highest BCUT2D eigenvalue weighted by atomic mass is 16.5. The number of para-hydroxylation sites is 1. The van der Waals surface area contributed by atoms with Crippen LogP contribution >= 0.6 is 0 Å². The summed E-state index contributed by atoms with van der Waals surface area (Å²) in [7, 11) is 0. The second kappa shape index (κ2) is 7.41. The van der Waals surface area contributed by atoms with E-state index < -0.39 is 0 Å². The van der Waals surface area contributed by atoms with Gasteiger partial charge >= 0.3 is 0 Å². The highest BCUT2D eigenvalue weighted by molar-refractivity contribution is 6.00. The van der Waals surface area contributed by atoms with Crippen molar-refractivity contribution in [2.75, 3.05) is 6.61 Å². The van der Waals surface area contributed by atoms with Crippen LogP contribution in [0.4, 0.5) is 0 Å². The topological polar surface area (TPSA) is 70.9 Å². The molecule has 5 heteroatoms. The molecule has 0 spiro atoms. The smallest absolute Gasteiger partial charge is 0.223 e. The molecular formula is C14H20N2O3. The van der Waals surface area contributed by atoms with Gasteiger partial charge in [0.15, 0.2) is 0 Å². The standard InChI is InChI=1S/C14H20N2O3/c1-10(2)15-14(17)8-9-19-13-7-5-4-6-12(13)11(3)16-18/h4-7,10,18H,8-9H2,1-3H3,(H,15,17). The summed E-state index contributed by atoms with van der Waals surface area (Å²) in [6.45, 7) is 5.80. The molecule has 1 aromatic rings. The largest absolute Gasteiger partial charge is 0.492 e. The zero-order valence-electron chi connectivity index (χ0n) is 11.5. The fourth-order valence-electron chi connectivity index (χ4n) is 1.59. The Morgan fingerprint density at radius 3 is 2.74 bits per heavy atom. The maximum Gasteiger partial charge on any atom is 0.223 e. The molecular weight excluding hydrogens is 244 g/mol. The maximum atomic E-state index is 11.5. The quantitative estimate of drug-likeness (QED) is 0.470. The van der Waals surface area contributed by atoms with Crippen molar-refractivity contribution in [2.45, 2.75) is 33.2 Å². The van der Waals surface area contributed by atoms with Gasteiger partial charge in [-0.15, -0.1) is 0 Å². The second-order valence-corrected chi connectivity index (χ2v) is 4.50. The molecule has 0 saturated carbocycles. The molecule has 19 heavy (non-hydrogen) atoms. The van der Waals surface area contributed by atoms with E-state index in [0.29, 0.717) is 23.4 Å². The molecule has 5 nitrogen and oxygen atoms in total. The summed E-state index contributed by atoms with van der Waals surface area (Å²) in [5.41, 5.74) is 1.19. The van der Waals surface area contributed by atoms with E-state index in [1.165, 1.54) is 0 Å². The summed E-state index contributed by atoms with van der Waals surface area (Å²) in [5, 5.41) is 14.7. The summed E-state index contributed by atoms with van der Waals surface area (Å²) >= 11 is 0. The van der Waals surface area contributed by atoms with E-state index in [1.54, 1.807) is 19.1 Å². The van der Waals surface area contributed by atoms with Crippen LogP contribution in [0, 0.1) is 0 Å². The molecule has 2 N–H and O–H groups in total. The van der Waals surface area contributed by atoms with Crippen LogP contribution in [0.1, 0.15) is 32.8 Å². The molecule has 0 aliphatic rings. The third-order valence-electron chi connectivity index (χ3n) is 2.46. The zero-order valence-corrected chi connectivity index (χ0v) is 11.5. The second-order valence-electron chi connectivity index (χ2n) is 4.50. The molecule has 0 radical (unpaired) electrons. The average molecular weight is 264 g/mol. The number of carbonyl (C=O) groups is 1. The Bertz CT molecular complexity index is 456. The zero-order chi connectivity index (χ0) is 14.3. The van der Waals surface area contributed by atoms with Crippen LogP contribution in [-0.4, -0.2) is 29.5 Å². The molecule has 0 aliphatic heterocycles. The highest BCUT2D eigenvalue weighted by Crippen LogP contribution is 2.18. The molecule has 0 aromatic heterocycles. The van der Waals surface area contributed by atoms with Gasteiger partial charge in [0.2, 0.25) is 5.91 Å². The van der Waals surface area contributed by atoms with Gasteiger partial charge in [0, 0.05) is 11.6 Å². The summed E-state index contributed by atoms with van der Waals surface area (Å²) in [4.78, 5) is 11.5. The average Bonchev–Trinajstić information content (AvgIpc) is 2.37. The van der Waals surface area contributed by atoms with Gasteiger partial charge in [-0.2, -0.15) is 0 Å². The number of nitrogens with one attached hydrogen (secondary N) is 1. The maximum absolute atomic E-state index is 11.5. The van der Waals surface area contributed by atoms with Crippen LogP contribution < -0.4 is 10.1 Å². The fourth-order valence-corrected chi connectivity index (χ4v) is 1.59. The van der Waals surface area contributed by atoms with E-state index in [4.69, 9.17) is 9.94 Å². The number of hydrogen-bond acceptors (Lipinski definition) is 4. The molecule has 0 bridgehead atoms. The summed E-state index contributed by atoms with van der Waals surface area (Å²) in [5.74, 6) is 0.565. The molecule has 0 aliphatic carbocycles. The first kappa shape index (κ1) is 15.0. The van der Waals surface area contributed by atoms with Gasteiger partial charge in [0.05, 0.1) is 18.7 Å². The number of benzene rings is 1. The number of nitrogens with zero attached hydrogens (tertiary/aromatic N) is 1. The van der Waals surface area contributed by atoms with E-state index in [1.807, 2.05) is 26.0 Å². The van der Waals surface area contributed by atoms with Crippen LogP contribution in [0.3, 0.4) is 0 Å². The van der Waals surface area contributed by atoms with Gasteiger partial charge in [-0.1, -0.05) is 17.3 Å². The van der Waals surface area contributed by atoms with Gasteiger partial charge in [0.25, 0.3) is 0 Å². The number of rotatable bonds is 6. The number of hydrogen-bond donors (Lipinski definition) is 2. The van der Waals surface area contributed by atoms with Crippen molar-refractivity contribution < 1.29 is 14.7 Å². The Morgan fingerprint density at radius 2 is 2.11 bits per heavy atom. The predicted octanol–water partition coefficient (Wildman–Crippen LogP) is 2.18. The van der Waals surface area contributed by atoms with Crippen LogP contribution in [0.15, 0.2) is 29.4 Å². The minimum absolute atomic E-state index is 0.0416. The van der Waals surface area contributed by atoms with Gasteiger partial charge in [-0.3, -0.25) is 4.79 Å². The van der Waals surface area contributed by atoms with Crippen molar-refractivity contribution in [2.24, 2.45) is 5.16 Å². The monoisotopic (exact) mass is 264 g/mol. The third kappa shape index (κ3) is 4.99. The SMILES string of the molecule is CC(=NO)c1ccccc1OCCC(=O)NC(C)C. The van der Waals surface area contributed by atoms with E-state index in [-0.39, 0.29) is 18.6 Å². The molecule has 0 unspecified atom stereocenters. The first-order valence-corrected chi connectivity index (χ1v) is 6.24. The molecule has 0 heterocycles. The van der Waals surface area contributed by atoms with E-state index in [0.717, 1.165) is 0 Å². The number of ether oxygens (including phenoxy) is 1. The molecule has 0 saturated heterocycles. The van der Waals surface area contributed by atoms with Crippen LogP contribution in [0.5, 0.6) is 5.75 Å². The van der Waals surface area contributed by atoms with Crippen LogP contribution in [0.25, 0.3) is 0 Å². The molecule has 1 amide bonds. The summed E-state index contributed by atoms with van der Waals surface area (Å²) in [6.07, 6.45) is 0.293. The number of oxime groups is 1. The fraction of sp³-hybridized carbons (Fsp3) is 0.429. The van der Waals surface area contributed by atoms with Crippen LogP contribution in [0.2, 0.25) is 0 Å². The predicted molar refractivity (Wildman–Crippen MR) is 73.8 cm³/mol. The lowest BCUT2D eigenvalue weighted by atomic mass is 10.1. The third-order valence-corrected chi connectivity index (χ3v) is 2.46. The minimum Gasteiger partial charge on any atom is -0.492 e. The van der Waals surface area contributed by atoms with Gasteiger partial charge in [-0.25, -0.2) is 0 Å². The van der Waals surface area contributed by atoms with E-state index in [2.05, 4.69) is 10.5 Å². The minimum atomic E-state index is -0.0416. The molecule has 0 atom stereocenters. The Morgan fingerprint density at radius 1 is 1.42 bits per heavy atom. The first-order valence-electron chi connectivity index (χ1n) is 6.24. The number of carbonyl (C=O) groups excluding carboxylic acids is 1. The molecule has 1 aromatic carbocycles. The Labute approximate surface area is 113 Å². The summed E-state index contributed by atoms with van der Waals surface area (Å²) < 4.78 is 5.56. The van der Waals surface area contributed by atoms with Crippen molar-refractivity contribution in [3.8, 4) is 5.75 Å². The normalized spacial score (nSPS) is 11.5. The Balaban J connectivity index is 2.56. The van der Waals surface area contributed by atoms with Gasteiger partial charge in [-0.05, 0) is 32.9 Å². The van der Waals surface area contributed by atoms with Crippen molar-refractivity contribution >= 4 is 11.6 Å². The summed E-state index contributed by atoms with van der Waals surface area (Å²) in [6, 6.07) is 7.38. The molecule has 104 valence electrons. The first-order chi connectivity index (χ1) is 9.04. The lowest BCUT2D eigenvalue weighted by Crippen LogP contribution is -2.31. The lowest BCUT2D eigenvalue weighted by Gasteiger charge is -2.11. The molecule has 1 rings (SSSR count). The lowest BCUT2D eigenvalue weighted by molar-refractivity contribution is -0.122. The van der Waals surface area contributed by atoms with Crippen LogP contribution in [-0.2, 0) is 4.79 Å². The van der Waals surface area contributed by atoms with Crippen molar-refractivity contribution in [3.05, 3.63) is 29.8 Å². The van der Waals surface area contributed by atoms with Crippen molar-refractivity contribution in [1.82, 2.24) is 5.32 Å². The number of amides is 1. The van der Waals surface area contributed by atoms with Gasteiger partial charge in [0.1, 0.15) is 5.75 Å². The Kier molecular flexibility index (Phi) is 5.85. The molecule has 0 fully saturated rings. The Hall–Kier alpha value is -2.04. The van der Waals surface area contributed by atoms with Crippen molar-refractivity contribution in [3.63, 3.8) is 0 Å².